The second-order valence-corrected chi connectivity index (χ2v) is 10.9. The Morgan fingerprint density at radius 1 is 0.632 bits per heavy atom. The van der Waals surface area contributed by atoms with E-state index in [1.54, 1.807) is 0 Å². The van der Waals surface area contributed by atoms with E-state index >= 15 is 0 Å². The second kappa shape index (κ2) is 10.7. The highest BCUT2D eigenvalue weighted by Crippen LogP contribution is 2.51. The molecule has 0 radical (unpaired) electrons. The lowest BCUT2D eigenvalue weighted by Crippen LogP contribution is -2.17. The molecule has 5 rings (SSSR count). The van der Waals surface area contributed by atoms with Gasteiger partial charge in [0.15, 0.2) is 0 Å². The standard InChI is InChI=1S/C34H37NO3/c1-23(22-38)26-7-11-28(12-8-26)35(27-9-4-24(5-10-27)16-18-36)29-13-15-31-30-14-6-25(17-19-37)20-32(30)34(2,3)33(31)21-29/h4-15,20-21,23,36-38H,16-19,22H2,1-3H3. The summed E-state index contributed by atoms with van der Waals surface area (Å²) in [6, 6.07) is 30.1. The van der Waals surface area contributed by atoms with Crippen LogP contribution in [0, 0.1) is 0 Å². The van der Waals surface area contributed by atoms with Gasteiger partial charge >= 0.3 is 0 Å². The fourth-order valence-electron chi connectivity index (χ4n) is 5.64. The van der Waals surface area contributed by atoms with E-state index in [1.165, 1.54) is 22.3 Å². The molecule has 3 N–H and O–H groups in total. The minimum Gasteiger partial charge on any atom is -0.396 e. The molecule has 4 heteroatoms. The van der Waals surface area contributed by atoms with Crippen LogP contribution in [-0.4, -0.2) is 35.1 Å². The third kappa shape index (κ3) is 4.76. The highest BCUT2D eigenvalue weighted by Gasteiger charge is 2.36. The minimum absolute atomic E-state index is 0.0882. The first kappa shape index (κ1) is 26.2. The van der Waals surface area contributed by atoms with E-state index in [0.717, 1.165) is 33.8 Å². The Bertz CT molecular complexity index is 1410. The van der Waals surface area contributed by atoms with Gasteiger partial charge in [-0.2, -0.15) is 0 Å². The molecule has 0 spiro atoms. The van der Waals surface area contributed by atoms with Crippen molar-refractivity contribution in [3.63, 3.8) is 0 Å². The van der Waals surface area contributed by atoms with Crippen LogP contribution in [0.3, 0.4) is 0 Å². The van der Waals surface area contributed by atoms with Gasteiger partial charge in [0.1, 0.15) is 0 Å². The zero-order valence-corrected chi connectivity index (χ0v) is 22.5. The Labute approximate surface area is 225 Å². The van der Waals surface area contributed by atoms with Gasteiger partial charge in [-0.05, 0) is 88.2 Å². The van der Waals surface area contributed by atoms with Crippen LogP contribution in [0.4, 0.5) is 17.1 Å². The van der Waals surface area contributed by atoms with Crippen molar-refractivity contribution >= 4 is 17.1 Å². The van der Waals surface area contributed by atoms with Crippen LogP contribution in [0.25, 0.3) is 11.1 Å². The van der Waals surface area contributed by atoms with Crippen LogP contribution in [0.15, 0.2) is 84.9 Å². The molecule has 1 unspecified atom stereocenters. The first-order valence-corrected chi connectivity index (χ1v) is 13.5. The Morgan fingerprint density at radius 2 is 1.13 bits per heavy atom. The van der Waals surface area contributed by atoms with Gasteiger partial charge < -0.3 is 20.2 Å². The third-order valence-electron chi connectivity index (χ3n) is 7.97. The summed E-state index contributed by atoms with van der Waals surface area (Å²) < 4.78 is 0. The van der Waals surface area contributed by atoms with Crippen LogP contribution in [0.1, 0.15) is 54.5 Å². The van der Waals surface area contributed by atoms with E-state index in [0.29, 0.717) is 12.8 Å². The summed E-state index contributed by atoms with van der Waals surface area (Å²) in [5, 5.41) is 28.4. The van der Waals surface area contributed by atoms with Crippen LogP contribution in [0.2, 0.25) is 0 Å². The van der Waals surface area contributed by atoms with E-state index in [1.807, 2.05) is 6.92 Å². The van der Waals surface area contributed by atoms with Crippen molar-refractivity contribution in [3.8, 4) is 11.1 Å². The SMILES string of the molecule is CC(CO)c1ccc(N(c2ccc(CCO)cc2)c2ccc3c(c2)C(C)(C)c2cc(CCO)ccc2-3)cc1. The molecule has 1 aliphatic rings. The summed E-state index contributed by atoms with van der Waals surface area (Å²) in [6.07, 6.45) is 1.30. The number of benzene rings is 4. The smallest absolute Gasteiger partial charge is 0.0497 e. The fraction of sp³-hybridized carbons (Fsp3) is 0.294. The number of hydrogen-bond acceptors (Lipinski definition) is 4. The van der Waals surface area contributed by atoms with Gasteiger partial charge in [0, 0.05) is 48.2 Å². The van der Waals surface area contributed by atoms with Crippen molar-refractivity contribution < 1.29 is 15.3 Å². The number of aliphatic hydroxyl groups excluding tert-OH is 3. The number of anilines is 3. The predicted octanol–water partition coefficient (Wildman–Crippen LogP) is 6.63. The monoisotopic (exact) mass is 507 g/mol. The molecular weight excluding hydrogens is 470 g/mol. The average molecular weight is 508 g/mol. The Morgan fingerprint density at radius 3 is 1.74 bits per heavy atom. The molecule has 38 heavy (non-hydrogen) atoms. The minimum atomic E-state index is -0.163. The second-order valence-electron chi connectivity index (χ2n) is 10.9. The highest BCUT2D eigenvalue weighted by atomic mass is 16.3. The molecule has 0 heterocycles. The molecule has 0 fully saturated rings. The fourth-order valence-corrected chi connectivity index (χ4v) is 5.64. The molecule has 0 aliphatic heterocycles. The highest BCUT2D eigenvalue weighted by molar-refractivity contribution is 5.85. The van der Waals surface area contributed by atoms with Crippen molar-refractivity contribution in [2.75, 3.05) is 24.7 Å². The number of aliphatic hydroxyl groups is 3. The molecule has 1 aliphatic carbocycles. The Balaban J connectivity index is 1.60. The first-order chi connectivity index (χ1) is 18.4. The van der Waals surface area contributed by atoms with Crippen molar-refractivity contribution in [3.05, 3.63) is 113 Å². The molecule has 196 valence electrons. The summed E-state index contributed by atoms with van der Waals surface area (Å²) in [5.74, 6) is 0.0882. The van der Waals surface area contributed by atoms with Crippen molar-refractivity contribution in [1.29, 1.82) is 0 Å². The predicted molar refractivity (Wildman–Crippen MR) is 156 cm³/mol. The maximum atomic E-state index is 9.61. The van der Waals surface area contributed by atoms with Gasteiger partial charge in [-0.3, -0.25) is 0 Å². The number of rotatable bonds is 9. The van der Waals surface area contributed by atoms with Crippen LogP contribution in [-0.2, 0) is 18.3 Å². The average Bonchev–Trinajstić information content (AvgIpc) is 3.16. The van der Waals surface area contributed by atoms with E-state index in [-0.39, 0.29) is 31.2 Å². The topological polar surface area (TPSA) is 63.9 Å². The molecule has 4 nitrogen and oxygen atoms in total. The Hall–Kier alpha value is -3.44. The van der Waals surface area contributed by atoms with Gasteiger partial charge in [-0.1, -0.05) is 69.3 Å². The molecule has 4 aromatic rings. The summed E-state index contributed by atoms with van der Waals surface area (Å²) in [5.41, 5.74) is 11.5. The van der Waals surface area contributed by atoms with Gasteiger partial charge in [0.05, 0.1) is 0 Å². The lowest BCUT2D eigenvalue weighted by atomic mass is 9.81. The van der Waals surface area contributed by atoms with Gasteiger partial charge in [0.2, 0.25) is 0 Å². The quantitative estimate of drug-likeness (QED) is 0.238. The Kier molecular flexibility index (Phi) is 7.40. The molecule has 4 aromatic carbocycles. The first-order valence-electron chi connectivity index (χ1n) is 13.5. The number of nitrogens with zero attached hydrogens (tertiary/aromatic N) is 1. The van der Waals surface area contributed by atoms with E-state index in [2.05, 4.69) is 104 Å². The van der Waals surface area contributed by atoms with Gasteiger partial charge in [-0.15, -0.1) is 0 Å². The molecule has 0 amide bonds. The summed E-state index contributed by atoms with van der Waals surface area (Å²) in [6.45, 7) is 6.99. The number of fused-ring (bicyclic) bond motifs is 3. The van der Waals surface area contributed by atoms with Crippen molar-refractivity contribution in [2.45, 2.75) is 44.9 Å². The summed E-state index contributed by atoms with van der Waals surface area (Å²) in [4.78, 5) is 2.27. The van der Waals surface area contributed by atoms with Crippen molar-refractivity contribution in [1.82, 2.24) is 0 Å². The van der Waals surface area contributed by atoms with Crippen LogP contribution < -0.4 is 4.90 Å². The molecule has 0 aromatic heterocycles. The zero-order valence-electron chi connectivity index (χ0n) is 22.5. The van der Waals surface area contributed by atoms with E-state index in [9.17, 15) is 15.3 Å². The summed E-state index contributed by atoms with van der Waals surface area (Å²) in [7, 11) is 0. The summed E-state index contributed by atoms with van der Waals surface area (Å²) >= 11 is 0. The van der Waals surface area contributed by atoms with Gasteiger partial charge in [-0.25, -0.2) is 0 Å². The number of hydrogen-bond donors (Lipinski definition) is 3. The van der Waals surface area contributed by atoms with Crippen LogP contribution in [0.5, 0.6) is 0 Å². The maximum absolute atomic E-state index is 9.61. The molecule has 0 bridgehead atoms. The molecule has 0 saturated heterocycles. The van der Waals surface area contributed by atoms with E-state index < -0.39 is 0 Å². The van der Waals surface area contributed by atoms with E-state index in [4.69, 9.17) is 0 Å². The van der Waals surface area contributed by atoms with Gasteiger partial charge in [0.25, 0.3) is 0 Å². The van der Waals surface area contributed by atoms with Crippen LogP contribution >= 0.6 is 0 Å². The lowest BCUT2D eigenvalue weighted by Gasteiger charge is -2.28. The maximum Gasteiger partial charge on any atom is 0.0497 e. The largest absolute Gasteiger partial charge is 0.396 e. The lowest BCUT2D eigenvalue weighted by molar-refractivity contribution is 0.273. The normalized spacial score (nSPS) is 14.2. The molecular formula is C34H37NO3. The molecule has 1 atom stereocenters. The third-order valence-corrected chi connectivity index (χ3v) is 7.97. The zero-order chi connectivity index (χ0) is 26.9. The molecule has 0 saturated carbocycles. The van der Waals surface area contributed by atoms with Crippen molar-refractivity contribution in [2.24, 2.45) is 0 Å².